The molecule has 3 aromatic carbocycles. The number of aromatic nitrogens is 2. The molecule has 5 rings (SSSR count). The molecule has 0 amide bonds. The molecule has 4 aromatic rings. The quantitative estimate of drug-likeness (QED) is 0.277. The zero-order valence-corrected chi connectivity index (χ0v) is 22.6. The Labute approximate surface area is 227 Å². The Morgan fingerprint density at radius 3 is 1.95 bits per heavy atom. The fourth-order valence-electron chi connectivity index (χ4n) is 4.55. The van der Waals surface area contributed by atoms with Crippen molar-refractivity contribution in [2.45, 2.75) is 30.4 Å². The minimum atomic E-state index is -0.546. The van der Waals surface area contributed by atoms with Crippen LogP contribution in [0, 0.1) is 5.92 Å². The first-order valence-corrected chi connectivity index (χ1v) is 14.4. The van der Waals surface area contributed by atoms with E-state index >= 15 is 0 Å². The van der Waals surface area contributed by atoms with Gasteiger partial charge in [0.2, 0.25) is 0 Å². The summed E-state index contributed by atoms with van der Waals surface area (Å²) in [7, 11) is 0. The summed E-state index contributed by atoms with van der Waals surface area (Å²) in [5.74, 6) is -0.0153. The van der Waals surface area contributed by atoms with Crippen molar-refractivity contribution in [2.24, 2.45) is 5.92 Å². The molecule has 1 fully saturated rings. The van der Waals surface area contributed by atoms with Crippen molar-refractivity contribution in [3.8, 4) is 0 Å². The van der Waals surface area contributed by atoms with Crippen LogP contribution >= 0.6 is 0 Å². The van der Waals surface area contributed by atoms with E-state index in [1.165, 1.54) is 21.3 Å². The molecule has 0 saturated carbocycles. The van der Waals surface area contributed by atoms with Gasteiger partial charge in [0.05, 0.1) is 0 Å². The van der Waals surface area contributed by atoms with E-state index in [1.54, 1.807) is 0 Å². The van der Waals surface area contributed by atoms with E-state index in [1.807, 2.05) is 78.9 Å². The van der Waals surface area contributed by atoms with Gasteiger partial charge in [-0.2, -0.15) is 0 Å². The molecule has 2 heterocycles. The van der Waals surface area contributed by atoms with Gasteiger partial charge in [0.15, 0.2) is 0 Å². The molecule has 1 saturated heterocycles. The van der Waals surface area contributed by atoms with Crippen LogP contribution in [0.3, 0.4) is 0 Å². The summed E-state index contributed by atoms with van der Waals surface area (Å²) in [6, 6.07) is 31.7. The van der Waals surface area contributed by atoms with Crippen LogP contribution in [0.25, 0.3) is 0 Å². The molecular weight excluding hydrogens is 547 g/mol. The van der Waals surface area contributed by atoms with E-state index in [-0.39, 0.29) is 31.8 Å². The molecule has 196 valence electrons. The number of H-pyrrole nitrogens is 1. The molecule has 38 heavy (non-hydrogen) atoms. The van der Waals surface area contributed by atoms with Crippen LogP contribution in [0.15, 0.2) is 113 Å². The molecule has 1 aliphatic heterocycles. The van der Waals surface area contributed by atoms with Crippen molar-refractivity contribution in [3.05, 3.63) is 135 Å². The monoisotopic (exact) mass is 578 g/mol. The number of nitrogens with one attached hydrogen (secondary N) is 1. The van der Waals surface area contributed by atoms with Gasteiger partial charge in [-0.15, -0.1) is 0 Å². The van der Waals surface area contributed by atoms with Crippen LogP contribution in [-0.2, 0) is 27.4 Å². The second-order valence-electron chi connectivity index (χ2n) is 9.14. The van der Waals surface area contributed by atoms with Crippen LogP contribution in [0.4, 0.5) is 0 Å². The molecule has 1 N–H and O–H groups in total. The number of aromatic amines is 1. The summed E-state index contributed by atoms with van der Waals surface area (Å²) < 4.78 is 21.6. The van der Waals surface area contributed by atoms with Gasteiger partial charge in [-0.25, -0.2) is 0 Å². The van der Waals surface area contributed by atoms with Crippen molar-refractivity contribution in [3.63, 3.8) is 0 Å². The van der Waals surface area contributed by atoms with Gasteiger partial charge in [-0.05, 0) is 0 Å². The standard InChI is InChI=1S/C30H30N2O5Se/c33-27-16-17-32(30(34)31-27)29-28(38-24-14-8-3-9-15-24)25(20-35-18-22-10-4-1-5-11-22)26(37-29)21-36-19-23-12-6-2-7-13-23/h1-17,25-26,28-29H,18-21H2,(H,31,33,34)/t25-,26+,28+,29+/m0/s1. The molecule has 0 bridgehead atoms. The third kappa shape index (κ3) is 6.78. The van der Waals surface area contributed by atoms with Gasteiger partial charge in [-0.3, -0.25) is 0 Å². The Hall–Kier alpha value is -3.26. The first-order chi connectivity index (χ1) is 18.7. The average Bonchev–Trinajstić information content (AvgIpc) is 3.27. The molecule has 7 nitrogen and oxygen atoms in total. The molecule has 0 radical (unpaired) electrons. The Balaban J connectivity index is 1.40. The maximum atomic E-state index is 12.8. The minimum absolute atomic E-state index is 0.0153. The summed E-state index contributed by atoms with van der Waals surface area (Å²) in [5.41, 5.74) is 1.27. The van der Waals surface area contributed by atoms with Crippen LogP contribution in [0.2, 0.25) is 4.82 Å². The number of ether oxygens (including phenoxy) is 3. The first-order valence-electron chi connectivity index (χ1n) is 12.6. The molecule has 8 heteroatoms. The molecule has 0 spiro atoms. The molecular formula is C30H30N2O5Se. The third-order valence-corrected chi connectivity index (χ3v) is 9.39. The summed E-state index contributed by atoms with van der Waals surface area (Å²) >= 11 is -0.0313. The van der Waals surface area contributed by atoms with Gasteiger partial charge in [0.1, 0.15) is 0 Å². The summed E-state index contributed by atoms with van der Waals surface area (Å²) in [5, 5.41) is 0. The van der Waals surface area contributed by atoms with Crippen molar-refractivity contribution in [2.75, 3.05) is 13.2 Å². The van der Waals surface area contributed by atoms with E-state index in [9.17, 15) is 9.59 Å². The number of hydrogen-bond acceptors (Lipinski definition) is 5. The zero-order valence-electron chi connectivity index (χ0n) is 20.8. The molecule has 0 aliphatic carbocycles. The Morgan fingerprint density at radius 1 is 0.763 bits per heavy atom. The number of hydrogen-bond donors (Lipinski definition) is 1. The summed E-state index contributed by atoms with van der Waals surface area (Å²) in [6.07, 6.45) is 0.693. The van der Waals surface area contributed by atoms with Crippen LogP contribution in [-0.4, -0.2) is 43.8 Å². The van der Waals surface area contributed by atoms with Crippen LogP contribution < -0.4 is 15.7 Å². The predicted molar refractivity (Wildman–Crippen MR) is 146 cm³/mol. The van der Waals surface area contributed by atoms with Crippen LogP contribution in [0.1, 0.15) is 17.4 Å². The summed E-state index contributed by atoms with van der Waals surface area (Å²) in [4.78, 5) is 26.9. The molecule has 0 unspecified atom stereocenters. The summed E-state index contributed by atoms with van der Waals surface area (Å²) in [6.45, 7) is 1.78. The second kappa shape index (κ2) is 13.0. The van der Waals surface area contributed by atoms with Gasteiger partial charge >= 0.3 is 228 Å². The van der Waals surface area contributed by atoms with Crippen molar-refractivity contribution in [1.82, 2.24) is 9.55 Å². The number of nitrogens with zero attached hydrogens (tertiary/aromatic N) is 1. The Kier molecular flexibility index (Phi) is 9.02. The van der Waals surface area contributed by atoms with E-state index in [4.69, 9.17) is 14.2 Å². The van der Waals surface area contributed by atoms with Crippen molar-refractivity contribution < 1.29 is 14.2 Å². The predicted octanol–water partition coefficient (Wildman–Crippen LogP) is 3.30. The average molecular weight is 578 g/mol. The van der Waals surface area contributed by atoms with Crippen molar-refractivity contribution >= 4 is 19.4 Å². The van der Waals surface area contributed by atoms with Gasteiger partial charge in [0, 0.05) is 0 Å². The van der Waals surface area contributed by atoms with E-state index < -0.39 is 17.5 Å². The van der Waals surface area contributed by atoms with E-state index in [2.05, 4.69) is 17.1 Å². The normalized spacial score (nSPS) is 20.9. The molecule has 1 aromatic heterocycles. The fraction of sp³-hybridized carbons (Fsp3) is 0.267. The van der Waals surface area contributed by atoms with Crippen molar-refractivity contribution in [1.29, 1.82) is 0 Å². The number of rotatable bonds is 11. The SMILES string of the molecule is O=c1ccn([C@@H]2O[C@H](COCc3ccccc3)[C@H](COCc3ccccc3)[C@H]2[Se]c2ccccc2)c(=O)[nH]1. The van der Waals surface area contributed by atoms with Gasteiger partial charge in [0.25, 0.3) is 0 Å². The zero-order chi connectivity index (χ0) is 26.2. The Bertz CT molecular complexity index is 1390. The topological polar surface area (TPSA) is 82.5 Å². The van der Waals surface area contributed by atoms with E-state index in [0.717, 1.165) is 11.1 Å². The maximum absolute atomic E-state index is 12.8. The molecule has 1 aliphatic rings. The third-order valence-electron chi connectivity index (χ3n) is 6.45. The first kappa shape index (κ1) is 26.4. The molecule has 4 atom stereocenters. The van der Waals surface area contributed by atoms with E-state index in [0.29, 0.717) is 26.4 Å². The fourth-order valence-corrected chi connectivity index (χ4v) is 7.43. The van der Waals surface area contributed by atoms with Gasteiger partial charge in [-0.1, -0.05) is 0 Å². The van der Waals surface area contributed by atoms with Crippen LogP contribution in [0.5, 0.6) is 0 Å². The number of benzene rings is 3. The Morgan fingerprint density at radius 2 is 1.34 bits per heavy atom. The van der Waals surface area contributed by atoms with Gasteiger partial charge < -0.3 is 0 Å². The second-order valence-corrected chi connectivity index (χ2v) is 11.8.